The smallest absolute Gasteiger partial charge is 0.118 e. The van der Waals surface area contributed by atoms with E-state index in [0.29, 0.717) is 19.4 Å². The van der Waals surface area contributed by atoms with Crippen LogP contribution in [0.2, 0.25) is 0 Å². The summed E-state index contributed by atoms with van der Waals surface area (Å²) in [6.45, 7) is 4.30. The molecule has 0 amide bonds. The molecule has 2 aliphatic heterocycles. The summed E-state index contributed by atoms with van der Waals surface area (Å²) in [5.41, 5.74) is 1.05. The fraction of sp³-hybridized carbons (Fsp3) is 0.700. The topological polar surface area (TPSA) is 75.4 Å². The van der Waals surface area contributed by atoms with Crippen LogP contribution in [0.1, 0.15) is 51.5 Å². The number of aliphatic hydroxyl groups excluding tert-OH is 1. The molecule has 0 bridgehead atoms. The van der Waals surface area contributed by atoms with Crippen LogP contribution < -0.4 is 0 Å². The zero-order chi connectivity index (χ0) is 17.9. The van der Waals surface area contributed by atoms with E-state index in [2.05, 4.69) is 6.08 Å². The third kappa shape index (κ3) is 4.34. The van der Waals surface area contributed by atoms with Gasteiger partial charge in [-0.2, -0.15) is 0 Å². The molecule has 25 heavy (non-hydrogen) atoms. The van der Waals surface area contributed by atoms with Gasteiger partial charge in [-0.1, -0.05) is 11.6 Å². The van der Waals surface area contributed by atoms with E-state index in [0.717, 1.165) is 25.7 Å². The number of ether oxygens (including phenoxy) is 2. The first-order valence-electron chi connectivity index (χ1n) is 9.24. The molecule has 3 rings (SSSR count). The molecule has 0 saturated carbocycles. The quantitative estimate of drug-likeness (QED) is 0.557. The number of allylic oxidation sites excluding steroid dienone is 2. The number of epoxide rings is 1. The number of hydrogen-bond donors (Lipinski definition) is 2. The van der Waals surface area contributed by atoms with Crippen molar-refractivity contribution >= 4 is 0 Å². The van der Waals surface area contributed by atoms with Gasteiger partial charge in [-0.3, -0.25) is 0 Å². The Morgan fingerprint density at radius 1 is 1.44 bits per heavy atom. The number of aryl methyl sites for hydroxylation is 1. The zero-order valence-electron chi connectivity index (χ0n) is 15.2. The van der Waals surface area contributed by atoms with E-state index in [9.17, 15) is 10.2 Å². The Bertz CT molecular complexity index is 567. The van der Waals surface area contributed by atoms with Crippen LogP contribution in [0.15, 0.2) is 34.7 Å². The van der Waals surface area contributed by atoms with E-state index in [1.807, 2.05) is 19.9 Å². The van der Waals surface area contributed by atoms with Crippen LogP contribution >= 0.6 is 0 Å². The van der Waals surface area contributed by atoms with Gasteiger partial charge < -0.3 is 24.1 Å². The van der Waals surface area contributed by atoms with Gasteiger partial charge in [0.1, 0.15) is 11.2 Å². The van der Waals surface area contributed by atoms with Gasteiger partial charge in [0, 0.05) is 0 Å². The van der Waals surface area contributed by atoms with E-state index in [4.69, 9.17) is 13.9 Å². The van der Waals surface area contributed by atoms with Gasteiger partial charge in [-0.25, -0.2) is 0 Å². The van der Waals surface area contributed by atoms with Crippen molar-refractivity contribution in [2.45, 2.75) is 75.8 Å². The molecule has 140 valence electrons. The highest BCUT2D eigenvalue weighted by atomic mass is 16.6. The lowest BCUT2D eigenvalue weighted by Gasteiger charge is -2.38. The Morgan fingerprint density at radius 2 is 2.28 bits per heavy atom. The molecule has 4 atom stereocenters. The standard InChI is InChI=1S/C20H30O5/c1-15(2)4-3-9-19(22,13-21)17-7-10-20(14-24-17)18(25-20)6-5-16-8-11-23-12-16/h4,8,11-12,17-18,21-22H,3,5-7,9-10,13-14H2,1-2H3/t17-,18-,19+,20+/m0/s1. The Hall–Kier alpha value is -1.14. The second kappa shape index (κ2) is 7.62. The van der Waals surface area contributed by atoms with Crippen LogP contribution in [0.3, 0.4) is 0 Å². The first-order valence-corrected chi connectivity index (χ1v) is 9.24. The van der Waals surface area contributed by atoms with Crippen molar-refractivity contribution in [1.82, 2.24) is 0 Å². The SMILES string of the molecule is CC(C)=CCC[C@@](O)(CO)[C@@H]1CC[C@]2(CO1)O[C@H]2CCc1ccoc1. The van der Waals surface area contributed by atoms with E-state index in [1.54, 1.807) is 12.5 Å². The first-order chi connectivity index (χ1) is 12.0. The van der Waals surface area contributed by atoms with Crippen LogP contribution in [0.25, 0.3) is 0 Å². The summed E-state index contributed by atoms with van der Waals surface area (Å²) in [6.07, 6.45) is 10.2. The van der Waals surface area contributed by atoms with Crippen molar-refractivity contribution in [3.8, 4) is 0 Å². The van der Waals surface area contributed by atoms with Crippen molar-refractivity contribution in [1.29, 1.82) is 0 Å². The predicted molar refractivity (Wildman–Crippen MR) is 94.3 cm³/mol. The Morgan fingerprint density at radius 3 is 2.88 bits per heavy atom. The van der Waals surface area contributed by atoms with Crippen LogP contribution in [0.5, 0.6) is 0 Å². The van der Waals surface area contributed by atoms with Gasteiger partial charge in [0.25, 0.3) is 0 Å². The summed E-state index contributed by atoms with van der Waals surface area (Å²) in [5, 5.41) is 20.5. The minimum atomic E-state index is -1.17. The molecule has 2 aliphatic rings. The average molecular weight is 350 g/mol. The lowest BCUT2D eigenvalue weighted by Crippen LogP contribution is -2.51. The van der Waals surface area contributed by atoms with E-state index in [1.165, 1.54) is 11.1 Å². The number of furan rings is 1. The summed E-state index contributed by atoms with van der Waals surface area (Å²) in [4.78, 5) is 0. The fourth-order valence-corrected chi connectivity index (χ4v) is 3.80. The van der Waals surface area contributed by atoms with Crippen LogP contribution in [-0.4, -0.2) is 46.8 Å². The maximum Gasteiger partial charge on any atom is 0.118 e. The molecule has 1 spiro atoms. The molecule has 5 heteroatoms. The lowest BCUT2D eigenvalue weighted by molar-refractivity contribution is -0.162. The van der Waals surface area contributed by atoms with Crippen LogP contribution in [0, 0.1) is 0 Å². The summed E-state index contributed by atoms with van der Waals surface area (Å²) in [5.74, 6) is 0. The maximum absolute atomic E-state index is 10.8. The molecule has 0 aliphatic carbocycles. The van der Waals surface area contributed by atoms with Gasteiger partial charge >= 0.3 is 0 Å². The Labute approximate surface area is 149 Å². The van der Waals surface area contributed by atoms with E-state index in [-0.39, 0.29) is 24.4 Å². The molecule has 2 saturated heterocycles. The number of hydrogen-bond acceptors (Lipinski definition) is 5. The summed E-state index contributed by atoms with van der Waals surface area (Å²) in [6, 6.07) is 1.98. The van der Waals surface area contributed by atoms with Crippen molar-refractivity contribution in [2.75, 3.05) is 13.2 Å². The highest BCUT2D eigenvalue weighted by molar-refractivity contribution is 5.11. The molecule has 2 fully saturated rings. The number of rotatable bonds is 8. The Kier molecular flexibility index (Phi) is 5.68. The van der Waals surface area contributed by atoms with E-state index >= 15 is 0 Å². The van der Waals surface area contributed by atoms with Crippen molar-refractivity contribution < 1.29 is 24.1 Å². The van der Waals surface area contributed by atoms with Crippen molar-refractivity contribution in [3.05, 3.63) is 35.8 Å². The molecule has 1 aromatic rings. The van der Waals surface area contributed by atoms with Gasteiger partial charge in [0.2, 0.25) is 0 Å². The normalized spacial score (nSPS) is 30.9. The summed E-state index contributed by atoms with van der Waals surface area (Å²) >= 11 is 0. The first kappa shape index (κ1) is 18.6. The van der Waals surface area contributed by atoms with Gasteiger partial charge in [0.15, 0.2) is 0 Å². The summed E-state index contributed by atoms with van der Waals surface area (Å²) in [7, 11) is 0. The zero-order valence-corrected chi connectivity index (χ0v) is 15.2. The second-order valence-corrected chi connectivity index (χ2v) is 7.76. The van der Waals surface area contributed by atoms with Gasteiger partial charge in [-0.15, -0.1) is 0 Å². The van der Waals surface area contributed by atoms with Gasteiger partial charge in [0.05, 0.1) is 37.9 Å². The minimum absolute atomic E-state index is 0.184. The maximum atomic E-state index is 10.8. The molecule has 0 aromatic carbocycles. The molecule has 5 nitrogen and oxygen atoms in total. The fourth-order valence-electron chi connectivity index (χ4n) is 3.80. The summed E-state index contributed by atoms with van der Waals surface area (Å²) < 4.78 is 17.0. The van der Waals surface area contributed by atoms with Gasteiger partial charge in [-0.05, 0) is 64.0 Å². The molecular formula is C20H30O5. The minimum Gasteiger partial charge on any atom is -0.472 e. The molecule has 1 aromatic heterocycles. The van der Waals surface area contributed by atoms with Crippen LogP contribution in [-0.2, 0) is 15.9 Å². The second-order valence-electron chi connectivity index (χ2n) is 7.76. The van der Waals surface area contributed by atoms with Crippen LogP contribution in [0.4, 0.5) is 0 Å². The molecule has 0 radical (unpaired) electrons. The lowest BCUT2D eigenvalue weighted by atomic mass is 9.83. The van der Waals surface area contributed by atoms with Crippen molar-refractivity contribution in [3.63, 3.8) is 0 Å². The Balaban J connectivity index is 1.47. The molecule has 2 N–H and O–H groups in total. The van der Waals surface area contributed by atoms with E-state index < -0.39 is 5.60 Å². The highest BCUT2D eigenvalue weighted by Gasteiger charge is 2.59. The average Bonchev–Trinajstić information content (AvgIpc) is 3.02. The third-order valence-corrected chi connectivity index (χ3v) is 5.54. The number of aliphatic hydroxyl groups is 2. The van der Waals surface area contributed by atoms with Crippen molar-refractivity contribution in [2.24, 2.45) is 0 Å². The molecule has 3 heterocycles. The monoisotopic (exact) mass is 350 g/mol. The molecule has 0 unspecified atom stereocenters. The highest BCUT2D eigenvalue weighted by Crippen LogP contribution is 2.48. The predicted octanol–water partition coefficient (Wildman–Crippen LogP) is 3.00. The third-order valence-electron chi connectivity index (χ3n) is 5.54. The largest absolute Gasteiger partial charge is 0.472 e. The molecular weight excluding hydrogens is 320 g/mol.